The van der Waals surface area contributed by atoms with Crippen LogP contribution in [0.1, 0.15) is 0 Å². The maximum atomic E-state index is 13.4. The summed E-state index contributed by atoms with van der Waals surface area (Å²) in [4.78, 5) is 24.5. The van der Waals surface area contributed by atoms with E-state index in [-0.39, 0.29) is 5.69 Å². The Morgan fingerprint density at radius 2 is 1.70 bits per heavy atom. The fourth-order valence-corrected chi connectivity index (χ4v) is 1.66. The van der Waals surface area contributed by atoms with E-state index in [1.807, 2.05) is 0 Å². The van der Waals surface area contributed by atoms with Crippen molar-refractivity contribution >= 4 is 0 Å². The lowest BCUT2D eigenvalue weighted by atomic mass is 10.2. The van der Waals surface area contributed by atoms with Crippen molar-refractivity contribution in [1.29, 1.82) is 0 Å². The number of aromatic hydroxyl groups is 1. The van der Waals surface area contributed by atoms with Crippen LogP contribution in [0.5, 0.6) is 17.4 Å². The van der Waals surface area contributed by atoms with E-state index in [9.17, 15) is 19.1 Å². The Labute approximate surface area is 111 Å². The average molecular weight is 282 g/mol. The third kappa shape index (κ3) is 2.22. The Kier molecular flexibility index (Phi) is 3.47. The third-order valence-corrected chi connectivity index (χ3v) is 2.63. The van der Waals surface area contributed by atoms with Crippen molar-refractivity contribution in [1.82, 2.24) is 9.55 Å². The molecule has 106 valence electrons. The van der Waals surface area contributed by atoms with E-state index < -0.39 is 22.9 Å². The van der Waals surface area contributed by atoms with Crippen LogP contribution in [0, 0.1) is 5.82 Å². The first-order valence-electron chi connectivity index (χ1n) is 5.45. The monoisotopic (exact) mass is 282 g/mol. The predicted molar refractivity (Wildman–Crippen MR) is 67.4 cm³/mol. The predicted octanol–water partition coefficient (Wildman–Crippen LogP) is 0.388. The standard InChI is InChI=1S/C12H11FN2O5/c1-19-7-3-6(4-8(5-7)20-2)15-11(17)9(13)10(16)14-12(15)18/h3-5,17H,1-2H3,(H,14,16,18). The molecule has 20 heavy (non-hydrogen) atoms. The first kappa shape index (κ1) is 13.7. The van der Waals surface area contributed by atoms with Crippen LogP contribution in [0.4, 0.5) is 4.39 Å². The highest BCUT2D eigenvalue weighted by Gasteiger charge is 2.16. The van der Waals surface area contributed by atoms with E-state index in [1.165, 1.54) is 32.4 Å². The maximum Gasteiger partial charge on any atom is 0.335 e. The Morgan fingerprint density at radius 3 is 2.20 bits per heavy atom. The van der Waals surface area contributed by atoms with Crippen molar-refractivity contribution in [3.05, 3.63) is 44.9 Å². The van der Waals surface area contributed by atoms with Gasteiger partial charge in [0.1, 0.15) is 11.5 Å². The van der Waals surface area contributed by atoms with Crippen molar-refractivity contribution in [3.8, 4) is 23.1 Å². The molecule has 0 fully saturated rings. The average Bonchev–Trinajstić information content (AvgIpc) is 2.44. The van der Waals surface area contributed by atoms with Gasteiger partial charge in [0.25, 0.3) is 5.56 Å². The molecule has 1 aromatic heterocycles. The molecule has 0 unspecified atom stereocenters. The molecule has 0 aliphatic carbocycles. The van der Waals surface area contributed by atoms with Crippen molar-refractivity contribution < 1.29 is 19.0 Å². The van der Waals surface area contributed by atoms with Gasteiger partial charge in [0.15, 0.2) is 0 Å². The summed E-state index contributed by atoms with van der Waals surface area (Å²) in [5.74, 6) is -1.88. The largest absolute Gasteiger partial charge is 0.497 e. The Balaban J connectivity index is 2.78. The lowest BCUT2D eigenvalue weighted by molar-refractivity contribution is 0.381. The van der Waals surface area contributed by atoms with Gasteiger partial charge in [-0.2, -0.15) is 4.39 Å². The molecule has 0 saturated heterocycles. The molecular formula is C12H11FN2O5. The van der Waals surface area contributed by atoms with Crippen LogP contribution in [-0.4, -0.2) is 28.9 Å². The molecule has 2 rings (SSSR count). The van der Waals surface area contributed by atoms with Crippen LogP contribution < -0.4 is 20.7 Å². The first-order chi connectivity index (χ1) is 9.47. The van der Waals surface area contributed by atoms with Gasteiger partial charge in [-0.3, -0.25) is 9.78 Å². The van der Waals surface area contributed by atoms with Gasteiger partial charge in [0.2, 0.25) is 11.7 Å². The summed E-state index contributed by atoms with van der Waals surface area (Å²) in [6.45, 7) is 0. The van der Waals surface area contributed by atoms with E-state index in [0.29, 0.717) is 16.1 Å². The number of aromatic nitrogens is 2. The number of hydrogen-bond acceptors (Lipinski definition) is 5. The lowest BCUT2D eigenvalue weighted by Gasteiger charge is -2.11. The second kappa shape index (κ2) is 5.08. The van der Waals surface area contributed by atoms with Crippen LogP contribution >= 0.6 is 0 Å². The number of methoxy groups -OCH3 is 2. The van der Waals surface area contributed by atoms with Crippen molar-refractivity contribution in [2.24, 2.45) is 0 Å². The minimum Gasteiger partial charge on any atom is -0.497 e. The lowest BCUT2D eigenvalue weighted by Crippen LogP contribution is -2.30. The number of hydrogen-bond donors (Lipinski definition) is 2. The van der Waals surface area contributed by atoms with Gasteiger partial charge >= 0.3 is 5.69 Å². The molecule has 8 heteroatoms. The topological polar surface area (TPSA) is 93.6 Å². The number of benzene rings is 1. The number of nitrogens with one attached hydrogen (secondary N) is 1. The number of aromatic amines is 1. The number of ether oxygens (including phenoxy) is 2. The number of H-pyrrole nitrogens is 1. The summed E-state index contributed by atoms with van der Waals surface area (Å²) in [6.07, 6.45) is 0. The van der Waals surface area contributed by atoms with Crippen LogP contribution in [0.2, 0.25) is 0 Å². The maximum absolute atomic E-state index is 13.4. The fourth-order valence-electron chi connectivity index (χ4n) is 1.66. The fraction of sp³-hybridized carbons (Fsp3) is 0.167. The quantitative estimate of drug-likeness (QED) is 0.849. The van der Waals surface area contributed by atoms with Crippen LogP contribution in [0.25, 0.3) is 5.69 Å². The number of halogens is 1. The normalized spacial score (nSPS) is 10.3. The molecule has 0 spiro atoms. The van der Waals surface area contributed by atoms with Crippen molar-refractivity contribution in [2.45, 2.75) is 0 Å². The van der Waals surface area contributed by atoms with Gasteiger partial charge in [-0.05, 0) is 0 Å². The van der Waals surface area contributed by atoms with Gasteiger partial charge in [-0.15, -0.1) is 0 Å². The molecule has 1 heterocycles. The Hall–Kier alpha value is -2.77. The minimum atomic E-state index is -1.45. The van der Waals surface area contributed by atoms with E-state index >= 15 is 0 Å². The summed E-state index contributed by atoms with van der Waals surface area (Å²) in [5, 5.41) is 9.63. The molecule has 2 N–H and O–H groups in total. The second-order valence-corrected chi connectivity index (χ2v) is 3.80. The number of nitrogens with zero attached hydrogens (tertiary/aromatic N) is 1. The Morgan fingerprint density at radius 1 is 1.15 bits per heavy atom. The van der Waals surface area contributed by atoms with Crippen LogP contribution in [0.15, 0.2) is 27.8 Å². The molecule has 0 atom stereocenters. The summed E-state index contributed by atoms with van der Waals surface area (Å²) >= 11 is 0. The SMILES string of the molecule is COc1cc(OC)cc(-n2c(O)c(F)c(=O)[nH]c2=O)c1. The van der Waals surface area contributed by atoms with Crippen molar-refractivity contribution in [3.63, 3.8) is 0 Å². The van der Waals surface area contributed by atoms with Gasteiger partial charge in [-0.1, -0.05) is 0 Å². The molecule has 1 aromatic carbocycles. The molecule has 0 saturated carbocycles. The first-order valence-corrected chi connectivity index (χ1v) is 5.45. The number of rotatable bonds is 3. The second-order valence-electron chi connectivity index (χ2n) is 3.80. The highest BCUT2D eigenvalue weighted by atomic mass is 19.1. The van der Waals surface area contributed by atoms with Gasteiger partial charge in [0, 0.05) is 18.2 Å². The van der Waals surface area contributed by atoms with Crippen LogP contribution in [0.3, 0.4) is 0 Å². The Bertz CT molecular complexity index is 743. The minimum absolute atomic E-state index is 0.0823. The zero-order valence-corrected chi connectivity index (χ0v) is 10.6. The van der Waals surface area contributed by atoms with Crippen molar-refractivity contribution in [2.75, 3.05) is 14.2 Å². The van der Waals surface area contributed by atoms with Gasteiger partial charge in [0.05, 0.1) is 19.9 Å². The summed E-state index contributed by atoms with van der Waals surface area (Å²) < 4.78 is 24.0. The third-order valence-electron chi connectivity index (χ3n) is 2.63. The van der Waals surface area contributed by atoms with Gasteiger partial charge in [-0.25, -0.2) is 9.36 Å². The molecule has 0 radical (unpaired) electrons. The smallest absolute Gasteiger partial charge is 0.335 e. The highest BCUT2D eigenvalue weighted by Crippen LogP contribution is 2.26. The molecule has 0 amide bonds. The summed E-state index contributed by atoms with van der Waals surface area (Å²) in [6, 6.07) is 4.29. The van der Waals surface area contributed by atoms with Crippen LogP contribution in [-0.2, 0) is 0 Å². The molecule has 0 bridgehead atoms. The molecule has 7 nitrogen and oxygen atoms in total. The van der Waals surface area contributed by atoms with Gasteiger partial charge < -0.3 is 14.6 Å². The van der Waals surface area contributed by atoms with E-state index in [1.54, 1.807) is 4.98 Å². The molecule has 0 aliphatic heterocycles. The zero-order valence-electron chi connectivity index (χ0n) is 10.6. The zero-order chi connectivity index (χ0) is 14.9. The van der Waals surface area contributed by atoms with E-state index in [2.05, 4.69) is 0 Å². The molecule has 0 aliphatic rings. The molecule has 2 aromatic rings. The summed E-state index contributed by atoms with van der Waals surface area (Å²) in [7, 11) is 2.79. The van der Waals surface area contributed by atoms with E-state index in [0.717, 1.165) is 0 Å². The molecular weight excluding hydrogens is 271 g/mol. The van der Waals surface area contributed by atoms with E-state index in [4.69, 9.17) is 9.47 Å². The highest BCUT2D eigenvalue weighted by molar-refractivity contribution is 5.47. The summed E-state index contributed by atoms with van der Waals surface area (Å²) in [5.41, 5.74) is -2.19.